The van der Waals surface area contributed by atoms with E-state index in [-0.39, 0.29) is 37.8 Å². The van der Waals surface area contributed by atoms with Crippen LogP contribution in [0.1, 0.15) is 44.7 Å². The number of benzene rings is 2. The zero-order valence-electron chi connectivity index (χ0n) is 22.6. The van der Waals surface area contributed by atoms with Crippen molar-refractivity contribution in [2.24, 2.45) is 5.92 Å². The molecule has 2 aromatic carbocycles. The molecular weight excluding hydrogens is 500 g/mol. The maximum absolute atomic E-state index is 13.3. The normalized spacial score (nSPS) is 12.9. The highest BCUT2D eigenvalue weighted by Crippen LogP contribution is 2.09. The van der Waals surface area contributed by atoms with Gasteiger partial charge in [-0.25, -0.2) is 4.79 Å². The van der Waals surface area contributed by atoms with Gasteiger partial charge in [0.05, 0.1) is 0 Å². The zero-order valence-corrected chi connectivity index (χ0v) is 22.6. The first-order chi connectivity index (χ1) is 18.7. The molecule has 4 N–H and O–H groups in total. The van der Waals surface area contributed by atoms with Gasteiger partial charge in [0.1, 0.15) is 31.0 Å². The van der Waals surface area contributed by atoms with E-state index in [0.717, 1.165) is 11.1 Å². The third kappa shape index (κ3) is 11.8. The van der Waals surface area contributed by atoms with E-state index in [9.17, 15) is 24.0 Å². The van der Waals surface area contributed by atoms with E-state index < -0.39 is 36.0 Å². The average molecular weight is 539 g/mol. The van der Waals surface area contributed by atoms with Gasteiger partial charge in [0.15, 0.2) is 0 Å². The Morgan fingerprint density at radius 2 is 1.41 bits per heavy atom. The van der Waals surface area contributed by atoms with Crippen molar-refractivity contribution < 1.29 is 28.7 Å². The standard InChI is InChI=1S/C29H38N4O6/c1-4-26(35)30-17-23(18-34)31-27(36)25(16-21-11-7-5-8-12-21)32-28(37)24(15-20(2)3)33-29(38)39-19-22-13-9-6-10-14-22/h5-14,18,20,23-25H,4,15-17,19H2,1-3H3,(H,30,35)(H,31,36)(H,32,37)(H,33,38)/t23-,24-,25-/m0/s1. The number of ether oxygens (including phenoxy) is 1. The quantitative estimate of drug-likeness (QED) is 0.256. The molecule has 0 aliphatic rings. The molecule has 39 heavy (non-hydrogen) atoms. The fourth-order valence-electron chi connectivity index (χ4n) is 3.71. The number of rotatable bonds is 15. The van der Waals surface area contributed by atoms with Crippen LogP contribution in [0.5, 0.6) is 0 Å². The summed E-state index contributed by atoms with van der Waals surface area (Å²) in [6.07, 6.45) is 0.478. The van der Waals surface area contributed by atoms with Gasteiger partial charge in [-0.2, -0.15) is 0 Å². The molecule has 10 nitrogen and oxygen atoms in total. The van der Waals surface area contributed by atoms with E-state index in [1.165, 1.54) is 0 Å². The molecule has 4 amide bonds. The van der Waals surface area contributed by atoms with Gasteiger partial charge in [-0.1, -0.05) is 81.4 Å². The maximum Gasteiger partial charge on any atom is 0.408 e. The molecule has 210 valence electrons. The van der Waals surface area contributed by atoms with Crippen LogP contribution in [0.15, 0.2) is 60.7 Å². The minimum Gasteiger partial charge on any atom is -0.445 e. The Labute approximate surface area is 229 Å². The zero-order chi connectivity index (χ0) is 28.6. The molecule has 3 atom stereocenters. The summed E-state index contributed by atoms with van der Waals surface area (Å²) in [5.41, 5.74) is 1.59. The predicted octanol–water partition coefficient (Wildman–Crippen LogP) is 2.26. The summed E-state index contributed by atoms with van der Waals surface area (Å²) in [5.74, 6) is -1.35. The van der Waals surface area contributed by atoms with Crippen molar-refractivity contribution >= 4 is 30.1 Å². The van der Waals surface area contributed by atoms with Crippen molar-refractivity contribution in [2.45, 2.75) is 64.8 Å². The first-order valence-electron chi connectivity index (χ1n) is 13.1. The number of alkyl carbamates (subject to hydrolysis) is 1. The molecule has 0 saturated heterocycles. The number of carbonyl (C=O) groups excluding carboxylic acids is 5. The van der Waals surface area contributed by atoms with E-state index in [1.807, 2.05) is 74.5 Å². The van der Waals surface area contributed by atoms with Crippen LogP contribution in [0.2, 0.25) is 0 Å². The molecule has 0 fully saturated rings. The largest absolute Gasteiger partial charge is 0.445 e. The van der Waals surface area contributed by atoms with Crippen LogP contribution in [0, 0.1) is 5.92 Å². The molecule has 2 rings (SSSR count). The molecule has 0 aromatic heterocycles. The first kappa shape index (κ1) is 31.0. The van der Waals surface area contributed by atoms with Crippen LogP contribution in [-0.2, 0) is 36.9 Å². The van der Waals surface area contributed by atoms with Crippen LogP contribution >= 0.6 is 0 Å². The Morgan fingerprint density at radius 1 is 0.821 bits per heavy atom. The number of carbonyl (C=O) groups is 5. The summed E-state index contributed by atoms with van der Waals surface area (Å²) in [6, 6.07) is 15.3. The maximum atomic E-state index is 13.3. The Bertz CT molecular complexity index is 1080. The molecular formula is C29H38N4O6. The van der Waals surface area contributed by atoms with Gasteiger partial charge in [0, 0.05) is 19.4 Å². The van der Waals surface area contributed by atoms with Gasteiger partial charge in [0.2, 0.25) is 17.7 Å². The Balaban J connectivity index is 2.12. The Hall–Kier alpha value is -4.21. The van der Waals surface area contributed by atoms with Crippen molar-refractivity contribution in [1.82, 2.24) is 21.3 Å². The lowest BCUT2D eigenvalue weighted by Gasteiger charge is -2.25. The highest BCUT2D eigenvalue weighted by Gasteiger charge is 2.29. The van der Waals surface area contributed by atoms with Crippen LogP contribution in [0.4, 0.5) is 4.79 Å². The van der Waals surface area contributed by atoms with E-state index >= 15 is 0 Å². The Morgan fingerprint density at radius 3 is 1.97 bits per heavy atom. The lowest BCUT2D eigenvalue weighted by atomic mass is 10.0. The summed E-state index contributed by atoms with van der Waals surface area (Å²) < 4.78 is 5.28. The number of hydrogen-bond acceptors (Lipinski definition) is 6. The van der Waals surface area contributed by atoms with Crippen LogP contribution in [0.3, 0.4) is 0 Å². The lowest BCUT2D eigenvalue weighted by molar-refractivity contribution is -0.131. The smallest absolute Gasteiger partial charge is 0.408 e. The summed E-state index contributed by atoms with van der Waals surface area (Å²) in [6.45, 7) is 5.46. The van der Waals surface area contributed by atoms with Gasteiger partial charge in [-0.05, 0) is 23.5 Å². The molecule has 0 spiro atoms. The number of amides is 4. The topological polar surface area (TPSA) is 143 Å². The summed E-state index contributed by atoms with van der Waals surface area (Å²) in [5, 5.41) is 10.5. The van der Waals surface area contributed by atoms with Crippen molar-refractivity contribution in [2.75, 3.05) is 6.54 Å². The summed E-state index contributed by atoms with van der Waals surface area (Å²) in [7, 11) is 0. The molecule has 0 unspecified atom stereocenters. The van der Waals surface area contributed by atoms with Crippen molar-refractivity contribution in [1.29, 1.82) is 0 Å². The van der Waals surface area contributed by atoms with Crippen LogP contribution < -0.4 is 21.3 Å². The lowest BCUT2D eigenvalue weighted by Crippen LogP contribution is -2.57. The predicted molar refractivity (Wildman–Crippen MR) is 146 cm³/mol. The van der Waals surface area contributed by atoms with E-state index in [2.05, 4.69) is 21.3 Å². The van der Waals surface area contributed by atoms with Crippen LogP contribution in [-0.4, -0.2) is 54.8 Å². The molecule has 0 radical (unpaired) electrons. The highest BCUT2D eigenvalue weighted by atomic mass is 16.5. The molecule has 0 aliphatic heterocycles. The van der Waals surface area contributed by atoms with E-state index in [4.69, 9.17) is 4.74 Å². The molecule has 0 saturated carbocycles. The third-order valence-corrected chi connectivity index (χ3v) is 5.78. The third-order valence-electron chi connectivity index (χ3n) is 5.78. The minimum absolute atomic E-state index is 0.0450. The van der Waals surface area contributed by atoms with Gasteiger partial charge < -0.3 is 30.8 Å². The summed E-state index contributed by atoms with van der Waals surface area (Å²) in [4.78, 5) is 62.1. The van der Waals surface area contributed by atoms with Gasteiger partial charge >= 0.3 is 6.09 Å². The van der Waals surface area contributed by atoms with Crippen molar-refractivity contribution in [3.63, 3.8) is 0 Å². The fraction of sp³-hybridized carbons (Fsp3) is 0.414. The number of aldehydes is 1. The molecule has 0 bridgehead atoms. The molecule has 2 aromatic rings. The number of nitrogens with one attached hydrogen (secondary N) is 4. The summed E-state index contributed by atoms with van der Waals surface area (Å²) >= 11 is 0. The van der Waals surface area contributed by atoms with Crippen molar-refractivity contribution in [3.05, 3.63) is 71.8 Å². The molecule has 0 heterocycles. The second kappa shape index (κ2) is 16.6. The minimum atomic E-state index is -1.04. The molecule has 0 aliphatic carbocycles. The first-order valence-corrected chi connectivity index (χ1v) is 13.1. The van der Waals surface area contributed by atoms with Crippen molar-refractivity contribution in [3.8, 4) is 0 Å². The monoisotopic (exact) mass is 538 g/mol. The van der Waals surface area contributed by atoms with Gasteiger partial charge in [-0.15, -0.1) is 0 Å². The second-order valence-electron chi connectivity index (χ2n) is 9.55. The van der Waals surface area contributed by atoms with E-state index in [1.54, 1.807) is 6.92 Å². The SMILES string of the molecule is CCC(=O)NC[C@@H](C=O)NC(=O)[C@H](Cc1ccccc1)NC(=O)[C@H](CC(C)C)NC(=O)OCc1ccccc1. The van der Waals surface area contributed by atoms with Crippen LogP contribution in [0.25, 0.3) is 0 Å². The Kier molecular flexibility index (Phi) is 13.2. The van der Waals surface area contributed by atoms with E-state index in [0.29, 0.717) is 12.7 Å². The number of hydrogen-bond donors (Lipinski definition) is 4. The van der Waals surface area contributed by atoms with Gasteiger partial charge in [-0.3, -0.25) is 14.4 Å². The second-order valence-corrected chi connectivity index (χ2v) is 9.55. The molecule has 10 heteroatoms. The average Bonchev–Trinajstić information content (AvgIpc) is 2.93. The fourth-order valence-corrected chi connectivity index (χ4v) is 3.71. The van der Waals surface area contributed by atoms with Gasteiger partial charge in [0.25, 0.3) is 0 Å². The highest BCUT2D eigenvalue weighted by molar-refractivity contribution is 5.92.